The van der Waals surface area contributed by atoms with Gasteiger partial charge in [0.1, 0.15) is 6.07 Å². The van der Waals surface area contributed by atoms with Gasteiger partial charge in [-0.15, -0.1) is 0 Å². The Kier molecular flexibility index (Phi) is 3.65. The van der Waals surface area contributed by atoms with Gasteiger partial charge in [0.2, 0.25) is 0 Å². The average molecular weight is 309 g/mol. The van der Waals surface area contributed by atoms with Gasteiger partial charge in [-0.2, -0.15) is 5.26 Å². The molecule has 2 rings (SSSR count). The molecule has 1 saturated heterocycles. The second-order valence-electron chi connectivity index (χ2n) is 5.31. The summed E-state index contributed by atoms with van der Waals surface area (Å²) in [4.78, 5) is 2.23. The van der Waals surface area contributed by atoms with Gasteiger partial charge in [-0.05, 0) is 48.8 Å². The molecule has 0 saturated carbocycles. The van der Waals surface area contributed by atoms with E-state index in [-0.39, 0.29) is 11.7 Å². The fourth-order valence-corrected chi connectivity index (χ4v) is 2.97. The maximum atomic E-state index is 9.29. The van der Waals surface area contributed by atoms with E-state index in [9.17, 15) is 5.26 Å². The van der Waals surface area contributed by atoms with E-state index < -0.39 is 0 Å². The number of morpholine rings is 1. The van der Waals surface area contributed by atoms with Crippen molar-refractivity contribution in [1.82, 2.24) is 0 Å². The monoisotopic (exact) mass is 308 g/mol. The fraction of sp³-hybridized carbons (Fsp3) is 0.500. The molecule has 0 bridgehead atoms. The van der Waals surface area contributed by atoms with E-state index in [4.69, 9.17) is 4.74 Å². The highest BCUT2D eigenvalue weighted by Crippen LogP contribution is 2.31. The maximum Gasteiger partial charge on any atom is 0.103 e. The first kappa shape index (κ1) is 13.4. The highest BCUT2D eigenvalue weighted by Gasteiger charge is 2.32. The number of anilines is 1. The molecular formula is C14H17BrN2O. The number of nitriles is 1. The third kappa shape index (κ3) is 2.68. The van der Waals surface area contributed by atoms with Gasteiger partial charge in [0.15, 0.2) is 0 Å². The summed E-state index contributed by atoms with van der Waals surface area (Å²) in [5, 5.41) is 9.29. The van der Waals surface area contributed by atoms with E-state index in [0.717, 1.165) is 23.2 Å². The Morgan fingerprint density at radius 1 is 1.50 bits per heavy atom. The van der Waals surface area contributed by atoms with Gasteiger partial charge in [-0.3, -0.25) is 0 Å². The molecule has 1 aromatic rings. The number of ether oxygens (including phenoxy) is 1. The van der Waals surface area contributed by atoms with Crippen LogP contribution in [0.3, 0.4) is 0 Å². The van der Waals surface area contributed by atoms with Crippen LogP contribution >= 0.6 is 15.9 Å². The number of nitrogens with zero attached hydrogens (tertiary/aromatic N) is 2. The van der Waals surface area contributed by atoms with Crippen LogP contribution in [0.1, 0.15) is 26.3 Å². The molecule has 0 aliphatic carbocycles. The Morgan fingerprint density at radius 2 is 2.22 bits per heavy atom. The van der Waals surface area contributed by atoms with Crippen molar-refractivity contribution >= 4 is 21.6 Å². The normalized spacial score (nSPS) is 22.6. The van der Waals surface area contributed by atoms with Crippen LogP contribution in [-0.4, -0.2) is 24.8 Å². The molecule has 0 amide bonds. The summed E-state index contributed by atoms with van der Waals surface area (Å²) < 4.78 is 6.74. The van der Waals surface area contributed by atoms with Crippen LogP contribution in [0.5, 0.6) is 0 Å². The van der Waals surface area contributed by atoms with Crippen molar-refractivity contribution in [1.29, 1.82) is 5.26 Å². The van der Waals surface area contributed by atoms with E-state index in [0.29, 0.717) is 5.56 Å². The Morgan fingerprint density at radius 3 is 2.83 bits per heavy atom. The van der Waals surface area contributed by atoms with Gasteiger partial charge in [0.05, 0.1) is 23.0 Å². The zero-order valence-electron chi connectivity index (χ0n) is 10.9. The minimum Gasteiger partial charge on any atom is -0.369 e. The predicted octanol–water partition coefficient (Wildman–Crippen LogP) is 3.32. The molecule has 0 radical (unpaired) electrons. The second-order valence-corrected chi connectivity index (χ2v) is 6.17. The summed E-state index contributed by atoms with van der Waals surface area (Å²) >= 11 is 3.44. The number of hydrogen-bond donors (Lipinski definition) is 0. The van der Waals surface area contributed by atoms with Crippen molar-refractivity contribution in [3.05, 3.63) is 28.2 Å². The van der Waals surface area contributed by atoms with Crippen LogP contribution in [0.2, 0.25) is 0 Å². The molecule has 1 atom stereocenters. The Labute approximate surface area is 116 Å². The zero-order chi connectivity index (χ0) is 13.3. The summed E-state index contributed by atoms with van der Waals surface area (Å²) in [7, 11) is 0. The van der Waals surface area contributed by atoms with E-state index >= 15 is 0 Å². The molecule has 1 aliphatic heterocycles. The third-order valence-electron chi connectivity index (χ3n) is 3.01. The number of benzene rings is 1. The van der Waals surface area contributed by atoms with Gasteiger partial charge >= 0.3 is 0 Å². The molecule has 1 heterocycles. The standard InChI is InChI=1S/C14H17BrN2O/c1-10-8-17(9-14(2,3)18-10)13-6-4-5-12(15)11(13)7-16/h4-6,10H,8-9H2,1-3H3. The smallest absolute Gasteiger partial charge is 0.103 e. The molecule has 1 aliphatic rings. The molecule has 4 heteroatoms. The molecule has 18 heavy (non-hydrogen) atoms. The Hall–Kier alpha value is -1.05. The summed E-state index contributed by atoms with van der Waals surface area (Å²) in [6.45, 7) is 7.84. The molecule has 0 aromatic heterocycles. The van der Waals surface area contributed by atoms with Crippen molar-refractivity contribution in [2.75, 3.05) is 18.0 Å². The average Bonchev–Trinajstić information content (AvgIpc) is 2.25. The molecule has 1 unspecified atom stereocenters. The second kappa shape index (κ2) is 4.91. The van der Waals surface area contributed by atoms with E-state index in [1.807, 2.05) is 18.2 Å². The third-order valence-corrected chi connectivity index (χ3v) is 3.67. The topological polar surface area (TPSA) is 36.3 Å². The van der Waals surface area contributed by atoms with Gasteiger partial charge in [0.25, 0.3) is 0 Å². The van der Waals surface area contributed by atoms with Gasteiger partial charge in [0, 0.05) is 17.6 Å². The highest BCUT2D eigenvalue weighted by molar-refractivity contribution is 9.10. The van der Waals surface area contributed by atoms with Gasteiger partial charge in [-0.25, -0.2) is 0 Å². The van der Waals surface area contributed by atoms with Crippen molar-refractivity contribution < 1.29 is 4.74 Å². The lowest BCUT2D eigenvalue weighted by Gasteiger charge is -2.43. The first-order chi connectivity index (χ1) is 8.43. The first-order valence-corrected chi connectivity index (χ1v) is 6.83. The van der Waals surface area contributed by atoms with Crippen LogP contribution in [0.4, 0.5) is 5.69 Å². The summed E-state index contributed by atoms with van der Waals surface area (Å²) in [5.41, 5.74) is 1.49. The van der Waals surface area contributed by atoms with Gasteiger partial charge < -0.3 is 9.64 Å². The van der Waals surface area contributed by atoms with Crippen molar-refractivity contribution in [2.45, 2.75) is 32.5 Å². The Bertz CT molecular complexity index is 493. The van der Waals surface area contributed by atoms with Crippen LogP contribution < -0.4 is 4.90 Å². The summed E-state index contributed by atoms with van der Waals surface area (Å²) in [6.07, 6.45) is 0.166. The molecule has 96 valence electrons. The molecule has 0 spiro atoms. The Balaban J connectivity index is 2.38. The zero-order valence-corrected chi connectivity index (χ0v) is 12.5. The summed E-state index contributed by atoms with van der Waals surface area (Å²) in [6, 6.07) is 8.14. The van der Waals surface area contributed by atoms with Gasteiger partial charge in [-0.1, -0.05) is 6.07 Å². The van der Waals surface area contributed by atoms with E-state index in [2.05, 4.69) is 47.7 Å². The lowest BCUT2D eigenvalue weighted by Crippen LogP contribution is -2.52. The van der Waals surface area contributed by atoms with Crippen LogP contribution in [0.15, 0.2) is 22.7 Å². The van der Waals surface area contributed by atoms with Crippen molar-refractivity contribution in [2.24, 2.45) is 0 Å². The number of halogens is 1. The molecule has 3 nitrogen and oxygen atoms in total. The minimum absolute atomic E-state index is 0.166. The number of hydrogen-bond acceptors (Lipinski definition) is 3. The highest BCUT2D eigenvalue weighted by atomic mass is 79.9. The largest absolute Gasteiger partial charge is 0.369 e. The number of rotatable bonds is 1. The molecular weight excluding hydrogens is 292 g/mol. The van der Waals surface area contributed by atoms with Crippen LogP contribution in [0.25, 0.3) is 0 Å². The SMILES string of the molecule is CC1CN(c2cccc(Br)c2C#N)CC(C)(C)O1. The quantitative estimate of drug-likeness (QED) is 0.798. The van der Waals surface area contributed by atoms with Crippen LogP contribution in [-0.2, 0) is 4.74 Å². The van der Waals surface area contributed by atoms with E-state index in [1.54, 1.807) is 0 Å². The van der Waals surface area contributed by atoms with Crippen LogP contribution in [0, 0.1) is 11.3 Å². The lowest BCUT2D eigenvalue weighted by atomic mass is 10.0. The first-order valence-electron chi connectivity index (χ1n) is 6.04. The van der Waals surface area contributed by atoms with E-state index in [1.165, 1.54) is 0 Å². The summed E-state index contributed by atoms with van der Waals surface area (Å²) in [5.74, 6) is 0. The minimum atomic E-state index is -0.188. The van der Waals surface area contributed by atoms with Crippen molar-refractivity contribution in [3.8, 4) is 6.07 Å². The predicted molar refractivity (Wildman–Crippen MR) is 75.7 cm³/mol. The molecule has 1 fully saturated rings. The lowest BCUT2D eigenvalue weighted by molar-refractivity contribution is -0.0749. The fourth-order valence-electron chi connectivity index (χ4n) is 2.52. The molecule has 1 aromatic carbocycles. The molecule has 0 N–H and O–H groups in total. The maximum absolute atomic E-state index is 9.29. The van der Waals surface area contributed by atoms with Crippen molar-refractivity contribution in [3.63, 3.8) is 0 Å².